The van der Waals surface area contributed by atoms with Crippen molar-refractivity contribution in [3.63, 3.8) is 0 Å². The van der Waals surface area contributed by atoms with Crippen LogP contribution in [0.4, 0.5) is 21.5 Å². The molecule has 0 bridgehead atoms. The van der Waals surface area contributed by atoms with E-state index in [-0.39, 0.29) is 11.7 Å². The third-order valence-corrected chi connectivity index (χ3v) is 5.99. The third-order valence-electron chi connectivity index (χ3n) is 5.69. The molecule has 1 aromatic heterocycles. The summed E-state index contributed by atoms with van der Waals surface area (Å²) in [6.45, 7) is 6.09. The number of rotatable bonds is 5. The number of nitrogens with zero attached hydrogens (tertiary/aromatic N) is 3. The van der Waals surface area contributed by atoms with Crippen LogP contribution in [-0.4, -0.2) is 43.1 Å². The first-order chi connectivity index (χ1) is 14.5. The zero-order valence-electron chi connectivity index (χ0n) is 17.3. The molecule has 1 aliphatic heterocycles. The van der Waals surface area contributed by atoms with Gasteiger partial charge in [0.05, 0.1) is 22.6 Å². The van der Waals surface area contributed by atoms with Crippen LogP contribution < -0.4 is 10.2 Å². The molecule has 0 amide bonds. The highest BCUT2D eigenvalue weighted by Crippen LogP contribution is 2.32. The molecule has 0 radical (unpaired) electrons. The lowest BCUT2D eigenvalue weighted by Gasteiger charge is -2.34. The van der Waals surface area contributed by atoms with Crippen molar-refractivity contribution in [1.29, 1.82) is 0 Å². The van der Waals surface area contributed by atoms with Crippen LogP contribution in [0.25, 0.3) is 0 Å². The van der Waals surface area contributed by atoms with Gasteiger partial charge >= 0.3 is 0 Å². The minimum atomic E-state index is -0.225. The summed E-state index contributed by atoms with van der Waals surface area (Å²) in [5, 5.41) is 4.13. The molecule has 1 unspecified atom stereocenters. The minimum Gasteiger partial charge on any atom is -0.368 e. The average Bonchev–Trinajstić information content (AvgIpc) is 2.74. The summed E-state index contributed by atoms with van der Waals surface area (Å²) < 4.78 is 13.6. The van der Waals surface area contributed by atoms with E-state index in [0.29, 0.717) is 0 Å². The van der Waals surface area contributed by atoms with E-state index < -0.39 is 0 Å². The molecule has 2 heterocycles. The standard InChI is InChI=1S/C24H26ClFN4/c1-17(18-4-3-5-20(26)12-18)19-13-22(16-27-15-19)28-21-6-7-24(23(25)14-21)30-10-8-29(2)9-11-30/h3-7,12-17,28H,8-11H2,1-2H3. The van der Waals surface area contributed by atoms with E-state index in [0.717, 1.165) is 59.4 Å². The first-order valence-electron chi connectivity index (χ1n) is 10.2. The fraction of sp³-hybridized carbons (Fsp3) is 0.292. The number of hydrogen-bond acceptors (Lipinski definition) is 4. The molecule has 156 valence electrons. The van der Waals surface area contributed by atoms with Crippen LogP contribution in [-0.2, 0) is 0 Å². The SMILES string of the molecule is CC(c1cccc(F)c1)c1cncc(Nc2ccc(N3CCN(C)CC3)c(Cl)c2)c1. The molecular weight excluding hydrogens is 399 g/mol. The van der Waals surface area contributed by atoms with Crippen LogP contribution >= 0.6 is 11.6 Å². The Bertz CT molecular complexity index is 1020. The number of piperazine rings is 1. The first-order valence-corrected chi connectivity index (χ1v) is 10.6. The van der Waals surface area contributed by atoms with Crippen LogP contribution in [0.15, 0.2) is 60.9 Å². The second-order valence-electron chi connectivity index (χ2n) is 7.87. The van der Waals surface area contributed by atoms with E-state index in [9.17, 15) is 4.39 Å². The summed E-state index contributed by atoms with van der Waals surface area (Å²) in [5.41, 5.74) is 4.80. The summed E-state index contributed by atoms with van der Waals surface area (Å²) in [7, 11) is 2.14. The van der Waals surface area contributed by atoms with Gasteiger partial charge in [-0.3, -0.25) is 4.98 Å². The molecule has 0 aliphatic carbocycles. The van der Waals surface area contributed by atoms with Gasteiger partial charge < -0.3 is 15.1 Å². The predicted octanol–water partition coefficient (Wildman–Crippen LogP) is 5.52. The van der Waals surface area contributed by atoms with Crippen LogP contribution in [0.2, 0.25) is 5.02 Å². The van der Waals surface area contributed by atoms with E-state index in [4.69, 9.17) is 11.6 Å². The Labute approximate surface area is 182 Å². The molecule has 0 saturated carbocycles. The van der Waals surface area contributed by atoms with E-state index in [1.165, 1.54) is 6.07 Å². The lowest BCUT2D eigenvalue weighted by Crippen LogP contribution is -2.44. The highest BCUT2D eigenvalue weighted by atomic mass is 35.5. The summed E-state index contributed by atoms with van der Waals surface area (Å²) in [4.78, 5) is 9.02. The number of benzene rings is 2. The van der Waals surface area contributed by atoms with Crippen molar-refractivity contribution in [1.82, 2.24) is 9.88 Å². The molecule has 0 spiro atoms. The zero-order valence-corrected chi connectivity index (χ0v) is 18.0. The summed E-state index contributed by atoms with van der Waals surface area (Å²) in [5.74, 6) is -0.185. The molecule has 1 saturated heterocycles. The summed E-state index contributed by atoms with van der Waals surface area (Å²) in [6.07, 6.45) is 3.61. The fourth-order valence-electron chi connectivity index (χ4n) is 3.79. The van der Waals surface area contributed by atoms with E-state index in [2.05, 4.69) is 40.1 Å². The molecule has 1 N–H and O–H groups in total. The van der Waals surface area contributed by atoms with Crippen molar-refractivity contribution in [3.8, 4) is 0 Å². The maximum atomic E-state index is 13.6. The van der Waals surface area contributed by atoms with Gasteiger partial charge in [0.2, 0.25) is 0 Å². The third kappa shape index (κ3) is 4.74. The second-order valence-corrected chi connectivity index (χ2v) is 8.27. The Hall–Kier alpha value is -2.63. The number of halogens is 2. The molecule has 1 fully saturated rings. The van der Waals surface area contributed by atoms with E-state index >= 15 is 0 Å². The van der Waals surface area contributed by atoms with Crippen molar-refractivity contribution in [2.24, 2.45) is 0 Å². The van der Waals surface area contributed by atoms with Gasteiger partial charge in [0.25, 0.3) is 0 Å². The Morgan fingerprint density at radius 1 is 0.967 bits per heavy atom. The molecule has 30 heavy (non-hydrogen) atoms. The lowest BCUT2D eigenvalue weighted by atomic mass is 9.94. The Kier molecular flexibility index (Phi) is 6.21. The van der Waals surface area contributed by atoms with Crippen molar-refractivity contribution in [3.05, 3.63) is 82.9 Å². The van der Waals surface area contributed by atoms with Crippen LogP contribution in [0.1, 0.15) is 24.0 Å². The smallest absolute Gasteiger partial charge is 0.123 e. The van der Waals surface area contributed by atoms with Crippen LogP contribution in [0, 0.1) is 5.82 Å². The largest absolute Gasteiger partial charge is 0.368 e. The minimum absolute atomic E-state index is 0.0400. The molecule has 4 rings (SSSR count). The molecule has 1 aliphatic rings. The highest BCUT2D eigenvalue weighted by Gasteiger charge is 2.17. The predicted molar refractivity (Wildman–Crippen MR) is 123 cm³/mol. The maximum Gasteiger partial charge on any atom is 0.123 e. The van der Waals surface area contributed by atoms with Crippen molar-refractivity contribution in [2.75, 3.05) is 43.4 Å². The van der Waals surface area contributed by atoms with Gasteiger partial charge in [-0.1, -0.05) is 30.7 Å². The fourth-order valence-corrected chi connectivity index (χ4v) is 4.09. The van der Waals surface area contributed by atoms with Crippen LogP contribution in [0.5, 0.6) is 0 Å². The molecule has 2 aromatic carbocycles. The topological polar surface area (TPSA) is 31.4 Å². The number of pyridine rings is 1. The number of likely N-dealkylation sites (N-methyl/N-ethyl adjacent to an activating group) is 1. The second kappa shape index (κ2) is 9.02. The van der Waals surface area contributed by atoms with Gasteiger partial charge in [0, 0.05) is 44.0 Å². The number of aromatic nitrogens is 1. The van der Waals surface area contributed by atoms with Gasteiger partial charge in [0.15, 0.2) is 0 Å². The van der Waals surface area contributed by atoms with Gasteiger partial charge in [-0.25, -0.2) is 4.39 Å². The molecule has 3 aromatic rings. The van der Waals surface area contributed by atoms with Gasteiger partial charge in [-0.05, 0) is 54.6 Å². The lowest BCUT2D eigenvalue weighted by molar-refractivity contribution is 0.313. The van der Waals surface area contributed by atoms with Crippen molar-refractivity contribution in [2.45, 2.75) is 12.8 Å². The van der Waals surface area contributed by atoms with Crippen molar-refractivity contribution >= 4 is 28.7 Å². The number of nitrogens with one attached hydrogen (secondary N) is 1. The molecule has 4 nitrogen and oxygen atoms in total. The van der Waals surface area contributed by atoms with Crippen LogP contribution in [0.3, 0.4) is 0 Å². The molecular formula is C24H26ClFN4. The van der Waals surface area contributed by atoms with E-state index in [1.54, 1.807) is 18.3 Å². The normalized spacial score (nSPS) is 15.8. The Morgan fingerprint density at radius 2 is 1.77 bits per heavy atom. The Morgan fingerprint density at radius 3 is 2.50 bits per heavy atom. The molecule has 6 heteroatoms. The Balaban J connectivity index is 1.49. The van der Waals surface area contributed by atoms with Gasteiger partial charge in [-0.2, -0.15) is 0 Å². The summed E-state index contributed by atoms with van der Waals surface area (Å²) in [6, 6.07) is 14.8. The average molecular weight is 425 g/mol. The monoisotopic (exact) mass is 424 g/mol. The highest BCUT2D eigenvalue weighted by molar-refractivity contribution is 6.33. The van der Waals surface area contributed by atoms with E-state index in [1.807, 2.05) is 30.5 Å². The quantitative estimate of drug-likeness (QED) is 0.584. The van der Waals surface area contributed by atoms with Crippen molar-refractivity contribution < 1.29 is 4.39 Å². The zero-order chi connectivity index (χ0) is 21.1. The molecule has 1 atom stereocenters. The maximum absolute atomic E-state index is 13.6. The van der Waals surface area contributed by atoms with Gasteiger partial charge in [-0.15, -0.1) is 0 Å². The van der Waals surface area contributed by atoms with Gasteiger partial charge in [0.1, 0.15) is 5.82 Å². The first kappa shape index (κ1) is 20.6. The number of anilines is 3. The number of hydrogen-bond donors (Lipinski definition) is 1. The summed E-state index contributed by atoms with van der Waals surface area (Å²) >= 11 is 6.60.